The molecule has 3 aliphatic rings. The maximum atomic E-state index is 12.4. The molecule has 0 aromatic heterocycles. The molecule has 4 atom stereocenters. The summed E-state index contributed by atoms with van der Waals surface area (Å²) in [4.78, 5) is 12.4. The molecule has 4 N–H and O–H groups in total. The van der Waals surface area contributed by atoms with Gasteiger partial charge >= 0.3 is 0 Å². The highest BCUT2D eigenvalue weighted by Gasteiger charge is 2.38. The van der Waals surface area contributed by atoms with Crippen molar-refractivity contribution in [2.24, 2.45) is 5.92 Å². The van der Waals surface area contributed by atoms with E-state index in [1.807, 2.05) is 0 Å². The number of benzene rings is 1. The highest BCUT2D eigenvalue weighted by Crippen LogP contribution is 2.31. The molecule has 1 aliphatic carbocycles. The van der Waals surface area contributed by atoms with E-state index in [-0.39, 0.29) is 18.0 Å². The number of hydrogen-bond acceptors (Lipinski definition) is 4. The van der Waals surface area contributed by atoms with Crippen molar-refractivity contribution in [1.29, 1.82) is 0 Å². The van der Waals surface area contributed by atoms with Crippen molar-refractivity contribution >= 4 is 5.91 Å². The van der Waals surface area contributed by atoms with Gasteiger partial charge in [-0.15, -0.1) is 0 Å². The van der Waals surface area contributed by atoms with Crippen LogP contribution in [0.5, 0.6) is 0 Å². The van der Waals surface area contributed by atoms with Crippen LogP contribution in [0, 0.1) is 5.92 Å². The van der Waals surface area contributed by atoms with E-state index in [1.54, 1.807) is 0 Å². The molecular formula is C19H28N4O. The lowest BCUT2D eigenvalue weighted by atomic mass is 9.81. The van der Waals surface area contributed by atoms with Gasteiger partial charge in [0.05, 0.1) is 0 Å². The van der Waals surface area contributed by atoms with E-state index in [0.717, 1.165) is 13.0 Å². The minimum Gasteiger partial charge on any atom is -0.354 e. The van der Waals surface area contributed by atoms with E-state index in [4.69, 9.17) is 0 Å². The molecule has 0 spiro atoms. The van der Waals surface area contributed by atoms with Gasteiger partial charge in [-0.2, -0.15) is 0 Å². The van der Waals surface area contributed by atoms with E-state index in [1.165, 1.54) is 36.8 Å². The van der Waals surface area contributed by atoms with E-state index in [9.17, 15) is 4.79 Å². The van der Waals surface area contributed by atoms with Crippen LogP contribution in [0.25, 0.3) is 0 Å². The molecular weight excluding hydrogens is 300 g/mol. The van der Waals surface area contributed by atoms with Crippen LogP contribution in [0.15, 0.2) is 24.3 Å². The van der Waals surface area contributed by atoms with Crippen molar-refractivity contribution < 1.29 is 4.79 Å². The van der Waals surface area contributed by atoms with E-state index in [0.29, 0.717) is 24.9 Å². The maximum Gasteiger partial charge on any atom is 0.221 e. The Morgan fingerprint density at radius 3 is 3.00 bits per heavy atom. The second-order valence-electron chi connectivity index (χ2n) is 7.41. The molecule has 2 heterocycles. The summed E-state index contributed by atoms with van der Waals surface area (Å²) >= 11 is 0. The van der Waals surface area contributed by atoms with Crippen molar-refractivity contribution in [3.63, 3.8) is 0 Å². The summed E-state index contributed by atoms with van der Waals surface area (Å²) in [6, 6.07) is 9.62. The molecule has 4 rings (SSSR count). The first-order valence-electron chi connectivity index (χ1n) is 9.40. The van der Waals surface area contributed by atoms with Crippen LogP contribution in [0.1, 0.15) is 49.3 Å². The van der Waals surface area contributed by atoms with Crippen molar-refractivity contribution in [1.82, 2.24) is 21.5 Å². The van der Waals surface area contributed by atoms with Gasteiger partial charge in [-0.25, -0.2) is 0 Å². The van der Waals surface area contributed by atoms with Gasteiger partial charge in [0.15, 0.2) is 0 Å². The summed E-state index contributed by atoms with van der Waals surface area (Å²) in [6.07, 6.45) is 6.72. The van der Waals surface area contributed by atoms with E-state index >= 15 is 0 Å². The summed E-state index contributed by atoms with van der Waals surface area (Å²) in [5.41, 5.74) is 9.48. The fourth-order valence-electron chi connectivity index (χ4n) is 4.61. The highest BCUT2D eigenvalue weighted by atomic mass is 16.1. The Kier molecular flexibility index (Phi) is 4.83. The van der Waals surface area contributed by atoms with Gasteiger partial charge in [0, 0.05) is 31.1 Å². The van der Waals surface area contributed by atoms with Gasteiger partial charge < -0.3 is 10.6 Å². The summed E-state index contributed by atoms with van der Waals surface area (Å²) in [7, 11) is 0. The first-order chi connectivity index (χ1) is 11.8. The third-order valence-electron chi connectivity index (χ3n) is 5.91. The quantitative estimate of drug-likeness (QED) is 0.675. The number of carbonyl (C=O) groups excluding carboxylic acids is 1. The van der Waals surface area contributed by atoms with Crippen LogP contribution in [0.4, 0.5) is 0 Å². The Morgan fingerprint density at radius 1 is 1.17 bits per heavy atom. The number of amides is 1. The summed E-state index contributed by atoms with van der Waals surface area (Å²) in [6.45, 7) is 1.65. The molecule has 130 valence electrons. The Bertz CT molecular complexity index is 590. The standard InChI is InChI=1S/C19H28N4O/c24-19(11-17-15-7-3-4-8-16(15)22-23-17)21-12-18-14-6-2-1-5-13(14)9-10-20-18/h1-2,5-6,15-18,20,22-23H,3-4,7-12H2,(H,21,24). The number of fused-ring (bicyclic) bond motifs is 2. The molecule has 1 aromatic rings. The molecule has 5 nitrogen and oxygen atoms in total. The van der Waals surface area contributed by atoms with Gasteiger partial charge in [-0.1, -0.05) is 37.1 Å². The molecule has 1 amide bonds. The molecule has 24 heavy (non-hydrogen) atoms. The second kappa shape index (κ2) is 7.21. The van der Waals surface area contributed by atoms with Crippen LogP contribution >= 0.6 is 0 Å². The SMILES string of the molecule is O=C(CC1NNC2CCCCC21)NCC1NCCc2ccccc21. The summed E-state index contributed by atoms with van der Waals surface area (Å²) in [5.74, 6) is 0.767. The van der Waals surface area contributed by atoms with Gasteiger partial charge in [-0.05, 0) is 42.9 Å². The zero-order chi connectivity index (χ0) is 16.4. The number of rotatable bonds is 4. The average Bonchev–Trinajstić information content (AvgIpc) is 3.03. The molecule has 2 aliphatic heterocycles. The molecule has 4 unspecified atom stereocenters. The lowest BCUT2D eigenvalue weighted by Crippen LogP contribution is -2.41. The van der Waals surface area contributed by atoms with Crippen LogP contribution in [0.3, 0.4) is 0 Å². The van der Waals surface area contributed by atoms with Crippen molar-refractivity contribution in [3.05, 3.63) is 35.4 Å². The molecule has 1 saturated carbocycles. The Hall–Kier alpha value is -1.43. The number of carbonyl (C=O) groups is 1. The van der Waals surface area contributed by atoms with Crippen LogP contribution < -0.4 is 21.5 Å². The normalized spacial score (nSPS) is 32.0. The Labute approximate surface area is 143 Å². The topological polar surface area (TPSA) is 65.2 Å². The largest absolute Gasteiger partial charge is 0.354 e. The maximum absolute atomic E-state index is 12.4. The lowest BCUT2D eigenvalue weighted by Gasteiger charge is -2.28. The zero-order valence-corrected chi connectivity index (χ0v) is 14.2. The monoisotopic (exact) mass is 328 g/mol. The summed E-state index contributed by atoms with van der Waals surface area (Å²) < 4.78 is 0. The van der Waals surface area contributed by atoms with E-state index in [2.05, 4.69) is 45.8 Å². The van der Waals surface area contributed by atoms with Crippen molar-refractivity contribution in [3.8, 4) is 0 Å². The minimum absolute atomic E-state index is 0.158. The Morgan fingerprint density at radius 2 is 2.04 bits per heavy atom. The van der Waals surface area contributed by atoms with Gasteiger partial charge in [0.2, 0.25) is 5.91 Å². The predicted octanol–water partition coefficient (Wildman–Crippen LogP) is 1.41. The van der Waals surface area contributed by atoms with Crippen LogP contribution in [-0.2, 0) is 11.2 Å². The first-order valence-corrected chi connectivity index (χ1v) is 9.40. The second-order valence-corrected chi connectivity index (χ2v) is 7.41. The van der Waals surface area contributed by atoms with Crippen LogP contribution in [0.2, 0.25) is 0 Å². The summed E-state index contributed by atoms with van der Waals surface area (Å²) in [5, 5.41) is 6.67. The van der Waals surface area contributed by atoms with Crippen LogP contribution in [-0.4, -0.2) is 31.1 Å². The molecule has 2 fully saturated rings. The zero-order valence-electron chi connectivity index (χ0n) is 14.2. The average molecular weight is 328 g/mol. The third kappa shape index (κ3) is 3.34. The number of nitrogens with one attached hydrogen (secondary N) is 4. The third-order valence-corrected chi connectivity index (χ3v) is 5.91. The van der Waals surface area contributed by atoms with Gasteiger partial charge in [0.25, 0.3) is 0 Å². The highest BCUT2D eigenvalue weighted by molar-refractivity contribution is 5.76. The molecule has 1 saturated heterocycles. The fourth-order valence-corrected chi connectivity index (χ4v) is 4.61. The van der Waals surface area contributed by atoms with Gasteiger partial charge in [-0.3, -0.25) is 15.6 Å². The van der Waals surface area contributed by atoms with E-state index < -0.39 is 0 Å². The lowest BCUT2D eigenvalue weighted by molar-refractivity contribution is -0.121. The first kappa shape index (κ1) is 16.1. The molecule has 5 heteroatoms. The fraction of sp³-hybridized carbons (Fsp3) is 0.632. The number of hydrogen-bond donors (Lipinski definition) is 4. The smallest absolute Gasteiger partial charge is 0.221 e. The van der Waals surface area contributed by atoms with Crippen molar-refractivity contribution in [2.45, 2.75) is 56.7 Å². The van der Waals surface area contributed by atoms with Gasteiger partial charge in [0.1, 0.15) is 0 Å². The molecule has 1 aromatic carbocycles. The number of hydrazine groups is 1. The van der Waals surface area contributed by atoms with Crippen molar-refractivity contribution in [2.75, 3.05) is 13.1 Å². The molecule has 0 bridgehead atoms. The predicted molar refractivity (Wildman–Crippen MR) is 94.3 cm³/mol. The minimum atomic E-state index is 0.158. The Balaban J connectivity index is 1.30. The molecule has 0 radical (unpaired) electrons.